The molecule has 2 rings (SSSR count). The summed E-state index contributed by atoms with van der Waals surface area (Å²) in [6.07, 6.45) is 4.30. The molecule has 0 bridgehead atoms. The fourth-order valence-corrected chi connectivity index (χ4v) is 3.07. The second-order valence-electron chi connectivity index (χ2n) is 6.92. The number of carbonyl (C=O) groups excluding carboxylic acids is 1. The summed E-state index contributed by atoms with van der Waals surface area (Å²) in [7, 11) is 0. The molecule has 2 aromatic rings. The number of aryl methyl sites for hydroxylation is 1. The minimum Gasteiger partial charge on any atom is -0.480 e. The number of nitrogens with one attached hydrogen (secondary N) is 1. The molecule has 0 saturated carbocycles. The molecule has 0 aliphatic rings. The Morgan fingerprint density at radius 1 is 1.10 bits per heavy atom. The van der Waals surface area contributed by atoms with Crippen LogP contribution in [0.15, 0.2) is 30.5 Å². The molecule has 0 aliphatic carbocycles. The van der Waals surface area contributed by atoms with Gasteiger partial charge in [0, 0.05) is 37.7 Å². The molecule has 1 amide bonds. The maximum Gasteiger partial charge on any atom is 0.335 e. The molecule has 0 radical (unpaired) electrons. The van der Waals surface area contributed by atoms with E-state index in [9.17, 15) is 19.5 Å². The molecule has 156 valence electrons. The number of amides is 1. The van der Waals surface area contributed by atoms with Gasteiger partial charge in [0.25, 0.3) is 0 Å². The topological polar surface area (TPSA) is 122 Å². The Morgan fingerprint density at radius 3 is 2.34 bits per heavy atom. The van der Waals surface area contributed by atoms with Crippen LogP contribution in [0.2, 0.25) is 0 Å². The van der Waals surface area contributed by atoms with Crippen molar-refractivity contribution in [2.75, 3.05) is 0 Å². The maximum atomic E-state index is 11.9. The maximum absolute atomic E-state index is 11.9. The van der Waals surface area contributed by atoms with Gasteiger partial charge >= 0.3 is 11.9 Å². The summed E-state index contributed by atoms with van der Waals surface area (Å²) >= 11 is 0. The Morgan fingerprint density at radius 2 is 1.79 bits per heavy atom. The predicted octanol–water partition coefficient (Wildman–Crippen LogP) is 2.49. The largest absolute Gasteiger partial charge is 0.480 e. The molecule has 29 heavy (non-hydrogen) atoms. The molecule has 0 saturated heterocycles. The van der Waals surface area contributed by atoms with Gasteiger partial charge in [-0.3, -0.25) is 4.79 Å². The number of hydrogen-bond acceptors (Lipinski definition) is 4. The lowest BCUT2D eigenvalue weighted by Crippen LogP contribution is -2.42. The highest BCUT2D eigenvalue weighted by atomic mass is 16.4. The zero-order valence-electron chi connectivity index (χ0n) is 16.7. The highest BCUT2D eigenvalue weighted by molar-refractivity contribution is 5.87. The van der Waals surface area contributed by atoms with Crippen molar-refractivity contribution in [3.63, 3.8) is 0 Å². The minimum atomic E-state index is -1.09. The molecule has 8 heteroatoms. The molecular weight excluding hydrogens is 374 g/mol. The smallest absolute Gasteiger partial charge is 0.335 e. The molecule has 3 N–H and O–H groups in total. The van der Waals surface area contributed by atoms with Crippen LogP contribution in [0, 0.1) is 0 Å². The fourth-order valence-electron chi connectivity index (χ4n) is 3.07. The Kier molecular flexibility index (Phi) is 7.94. The summed E-state index contributed by atoms with van der Waals surface area (Å²) in [4.78, 5) is 39.0. The average Bonchev–Trinajstić information content (AvgIpc) is 3.03. The molecule has 0 fully saturated rings. The zero-order valence-corrected chi connectivity index (χ0v) is 16.7. The first kappa shape index (κ1) is 22.1. The SMILES string of the molecule is CCCC(=O)N[C@@H](Cc1cnc(CCC)n1Cc1ccc(C(=O)O)cc1)C(=O)O. The van der Waals surface area contributed by atoms with Crippen molar-refractivity contribution < 1.29 is 24.6 Å². The number of carboxylic acid groups (broad SMARTS) is 2. The van der Waals surface area contributed by atoms with Crippen molar-refractivity contribution in [3.8, 4) is 0 Å². The predicted molar refractivity (Wildman–Crippen MR) is 107 cm³/mol. The second kappa shape index (κ2) is 10.4. The Bertz CT molecular complexity index is 858. The van der Waals surface area contributed by atoms with Crippen LogP contribution in [-0.2, 0) is 29.0 Å². The van der Waals surface area contributed by atoms with E-state index in [1.807, 2.05) is 18.4 Å². The minimum absolute atomic E-state index is 0.120. The number of hydrogen-bond donors (Lipinski definition) is 3. The van der Waals surface area contributed by atoms with Gasteiger partial charge in [-0.2, -0.15) is 0 Å². The summed E-state index contributed by atoms with van der Waals surface area (Å²) in [6, 6.07) is 5.52. The summed E-state index contributed by atoms with van der Waals surface area (Å²) in [5.74, 6) is -1.54. The van der Waals surface area contributed by atoms with Gasteiger partial charge in [0.1, 0.15) is 11.9 Å². The van der Waals surface area contributed by atoms with Gasteiger partial charge in [0.2, 0.25) is 5.91 Å². The first-order valence-electron chi connectivity index (χ1n) is 9.73. The van der Waals surface area contributed by atoms with Crippen LogP contribution < -0.4 is 5.32 Å². The number of aromatic nitrogens is 2. The Hall–Kier alpha value is -3.16. The molecule has 0 aliphatic heterocycles. The second-order valence-corrected chi connectivity index (χ2v) is 6.92. The molecule has 8 nitrogen and oxygen atoms in total. The highest BCUT2D eigenvalue weighted by Crippen LogP contribution is 2.15. The molecule has 0 spiro atoms. The monoisotopic (exact) mass is 401 g/mol. The molecule has 1 atom stereocenters. The summed E-state index contributed by atoms with van der Waals surface area (Å²) in [6.45, 7) is 4.34. The third kappa shape index (κ3) is 6.17. The van der Waals surface area contributed by atoms with E-state index in [2.05, 4.69) is 10.3 Å². The number of nitrogens with zero attached hydrogens (tertiary/aromatic N) is 2. The third-order valence-electron chi connectivity index (χ3n) is 4.56. The first-order valence-corrected chi connectivity index (χ1v) is 9.73. The summed E-state index contributed by atoms with van der Waals surface area (Å²) in [5, 5.41) is 21.1. The van der Waals surface area contributed by atoms with Crippen molar-refractivity contribution in [2.24, 2.45) is 0 Å². The zero-order chi connectivity index (χ0) is 21.4. The summed E-state index contributed by atoms with van der Waals surface area (Å²) in [5.41, 5.74) is 1.80. The number of rotatable bonds is 11. The van der Waals surface area contributed by atoms with E-state index in [1.54, 1.807) is 30.5 Å². The van der Waals surface area contributed by atoms with Crippen molar-refractivity contribution in [1.29, 1.82) is 0 Å². The number of imidazole rings is 1. The van der Waals surface area contributed by atoms with Crippen molar-refractivity contribution >= 4 is 17.8 Å². The number of benzene rings is 1. The van der Waals surface area contributed by atoms with Gasteiger partial charge in [0.15, 0.2) is 0 Å². The van der Waals surface area contributed by atoms with Crippen molar-refractivity contribution in [2.45, 2.75) is 58.5 Å². The fraction of sp³-hybridized carbons (Fsp3) is 0.429. The normalized spacial score (nSPS) is 11.8. The van der Waals surface area contributed by atoms with Gasteiger partial charge in [-0.05, 0) is 30.5 Å². The highest BCUT2D eigenvalue weighted by Gasteiger charge is 2.23. The lowest BCUT2D eigenvalue weighted by Gasteiger charge is -2.17. The van der Waals surface area contributed by atoms with Gasteiger partial charge in [-0.25, -0.2) is 14.6 Å². The van der Waals surface area contributed by atoms with Crippen LogP contribution >= 0.6 is 0 Å². The van der Waals surface area contributed by atoms with E-state index >= 15 is 0 Å². The number of aromatic carboxylic acids is 1. The van der Waals surface area contributed by atoms with Crippen LogP contribution in [0.3, 0.4) is 0 Å². The Labute approximate surface area is 169 Å². The first-order chi connectivity index (χ1) is 13.8. The van der Waals surface area contributed by atoms with Gasteiger partial charge in [-0.1, -0.05) is 26.0 Å². The van der Waals surface area contributed by atoms with Crippen LogP contribution in [0.4, 0.5) is 0 Å². The number of carbonyl (C=O) groups is 3. The van der Waals surface area contributed by atoms with E-state index in [0.717, 1.165) is 24.2 Å². The van der Waals surface area contributed by atoms with Crippen molar-refractivity contribution in [3.05, 3.63) is 53.1 Å². The molecular formula is C21H27N3O5. The van der Waals surface area contributed by atoms with Crippen molar-refractivity contribution in [1.82, 2.24) is 14.9 Å². The van der Waals surface area contributed by atoms with Crippen LogP contribution in [0.25, 0.3) is 0 Å². The molecule has 1 heterocycles. The molecule has 1 aromatic heterocycles. The average molecular weight is 401 g/mol. The third-order valence-corrected chi connectivity index (χ3v) is 4.56. The van der Waals surface area contributed by atoms with E-state index < -0.39 is 18.0 Å². The van der Waals surface area contributed by atoms with Gasteiger partial charge in [-0.15, -0.1) is 0 Å². The summed E-state index contributed by atoms with van der Waals surface area (Å²) < 4.78 is 1.95. The molecule has 1 aromatic carbocycles. The Balaban J connectivity index is 2.26. The standard InChI is InChI=1S/C21H27N3O5/c1-3-5-18-22-12-16(11-17(21(28)29)23-19(25)6-4-2)24(18)13-14-7-9-15(10-8-14)20(26)27/h7-10,12,17H,3-6,11,13H2,1-2H3,(H,23,25)(H,26,27)(H,28,29)/t17-/m0/s1. The van der Waals surface area contributed by atoms with Crippen LogP contribution in [0.1, 0.15) is 60.5 Å². The van der Waals surface area contributed by atoms with E-state index in [-0.39, 0.29) is 24.3 Å². The quantitative estimate of drug-likeness (QED) is 0.532. The lowest BCUT2D eigenvalue weighted by atomic mass is 10.1. The van der Waals surface area contributed by atoms with Gasteiger partial charge in [0.05, 0.1) is 5.56 Å². The lowest BCUT2D eigenvalue weighted by molar-refractivity contribution is -0.141. The van der Waals surface area contributed by atoms with Gasteiger partial charge < -0.3 is 20.1 Å². The number of aliphatic carboxylic acids is 1. The van der Waals surface area contributed by atoms with Crippen LogP contribution in [-0.4, -0.2) is 43.7 Å². The van der Waals surface area contributed by atoms with Crippen LogP contribution in [0.5, 0.6) is 0 Å². The van der Waals surface area contributed by atoms with E-state index in [0.29, 0.717) is 18.7 Å². The van der Waals surface area contributed by atoms with E-state index in [4.69, 9.17) is 5.11 Å². The molecule has 0 unspecified atom stereocenters. The number of carboxylic acids is 2. The van der Waals surface area contributed by atoms with E-state index in [1.165, 1.54) is 0 Å².